The highest BCUT2D eigenvalue weighted by atomic mass is 15.1. The zero-order valence-electron chi connectivity index (χ0n) is 12.6. The maximum Gasteiger partial charge on any atom is 0.0572 e. The van der Waals surface area contributed by atoms with Crippen molar-refractivity contribution < 1.29 is 0 Å². The third-order valence-corrected chi connectivity index (χ3v) is 5.44. The van der Waals surface area contributed by atoms with Gasteiger partial charge in [-0.1, -0.05) is 19.8 Å². The highest BCUT2D eigenvalue weighted by Gasteiger charge is 2.36. The van der Waals surface area contributed by atoms with Gasteiger partial charge in [0, 0.05) is 19.1 Å². The van der Waals surface area contributed by atoms with Gasteiger partial charge in [-0.05, 0) is 49.7 Å². The first-order valence-corrected chi connectivity index (χ1v) is 8.19. The average molecular weight is 273 g/mol. The lowest BCUT2D eigenvalue weighted by Crippen LogP contribution is -2.38. The lowest BCUT2D eigenvalue weighted by molar-refractivity contribution is 0.226. The van der Waals surface area contributed by atoms with Crippen LogP contribution in [0.2, 0.25) is 0 Å². The van der Waals surface area contributed by atoms with Gasteiger partial charge in [0.05, 0.1) is 17.6 Å². The average Bonchev–Trinajstić information content (AvgIpc) is 2.96. The summed E-state index contributed by atoms with van der Waals surface area (Å²) in [6.07, 6.45) is 11.5. The Balaban J connectivity index is 1.63. The van der Waals surface area contributed by atoms with Crippen molar-refractivity contribution >= 4 is 5.69 Å². The molecule has 1 aliphatic carbocycles. The minimum atomic E-state index is 0.0761. The summed E-state index contributed by atoms with van der Waals surface area (Å²) < 4.78 is 0. The standard InChI is InChI=1S/C17H27N3/c1-2-15(18)16-6-5-14(13-19-16)20-11-9-17(10-12-20)7-3-4-8-17/h5-6,13,15H,2-4,7-12,18H2,1H3. The molecule has 1 spiro atoms. The first-order valence-electron chi connectivity index (χ1n) is 8.19. The number of nitrogens with two attached hydrogens (primary N) is 1. The summed E-state index contributed by atoms with van der Waals surface area (Å²) in [6.45, 7) is 4.49. The third-order valence-electron chi connectivity index (χ3n) is 5.44. The zero-order valence-corrected chi connectivity index (χ0v) is 12.6. The molecule has 0 amide bonds. The van der Waals surface area contributed by atoms with Crippen molar-refractivity contribution in [1.29, 1.82) is 0 Å². The van der Waals surface area contributed by atoms with E-state index in [1.165, 1.54) is 57.3 Å². The predicted molar refractivity (Wildman–Crippen MR) is 83.8 cm³/mol. The molecule has 3 nitrogen and oxygen atoms in total. The van der Waals surface area contributed by atoms with Crippen LogP contribution in [0.15, 0.2) is 18.3 Å². The number of hydrogen-bond acceptors (Lipinski definition) is 3. The molecule has 2 fully saturated rings. The minimum Gasteiger partial charge on any atom is -0.370 e. The minimum absolute atomic E-state index is 0.0761. The van der Waals surface area contributed by atoms with E-state index < -0.39 is 0 Å². The van der Waals surface area contributed by atoms with Crippen LogP contribution in [-0.2, 0) is 0 Å². The lowest BCUT2D eigenvalue weighted by atomic mass is 9.77. The fourth-order valence-electron chi connectivity index (χ4n) is 3.88. The van der Waals surface area contributed by atoms with Crippen LogP contribution in [0.3, 0.4) is 0 Å². The molecule has 1 aromatic heterocycles. The van der Waals surface area contributed by atoms with E-state index in [4.69, 9.17) is 5.73 Å². The Morgan fingerprint density at radius 1 is 1.20 bits per heavy atom. The predicted octanol–water partition coefficient (Wildman–Crippen LogP) is 3.65. The smallest absolute Gasteiger partial charge is 0.0572 e. The Morgan fingerprint density at radius 3 is 2.45 bits per heavy atom. The summed E-state index contributed by atoms with van der Waals surface area (Å²) in [5.41, 5.74) is 9.00. The van der Waals surface area contributed by atoms with Gasteiger partial charge in [0.2, 0.25) is 0 Å². The van der Waals surface area contributed by atoms with Crippen molar-refractivity contribution in [2.24, 2.45) is 11.1 Å². The maximum atomic E-state index is 6.03. The van der Waals surface area contributed by atoms with Crippen LogP contribution in [0, 0.1) is 5.41 Å². The van der Waals surface area contributed by atoms with Gasteiger partial charge in [0.15, 0.2) is 0 Å². The third kappa shape index (κ3) is 2.69. The molecule has 0 aromatic carbocycles. The number of hydrogen-bond donors (Lipinski definition) is 1. The fraction of sp³-hybridized carbons (Fsp3) is 0.706. The van der Waals surface area contributed by atoms with Crippen LogP contribution in [0.1, 0.15) is 63.6 Å². The first kappa shape index (κ1) is 13.9. The highest BCUT2D eigenvalue weighted by molar-refractivity contribution is 5.45. The topological polar surface area (TPSA) is 42.1 Å². The van der Waals surface area contributed by atoms with E-state index in [0.29, 0.717) is 5.41 Å². The number of nitrogens with zero attached hydrogens (tertiary/aromatic N) is 2. The van der Waals surface area contributed by atoms with E-state index in [2.05, 4.69) is 28.9 Å². The Morgan fingerprint density at radius 2 is 1.90 bits per heavy atom. The van der Waals surface area contributed by atoms with E-state index >= 15 is 0 Å². The Kier molecular flexibility index (Phi) is 3.97. The quantitative estimate of drug-likeness (QED) is 0.914. The van der Waals surface area contributed by atoms with Crippen LogP contribution < -0.4 is 10.6 Å². The van der Waals surface area contributed by atoms with Crippen molar-refractivity contribution in [3.8, 4) is 0 Å². The van der Waals surface area contributed by atoms with Crippen molar-refractivity contribution in [3.63, 3.8) is 0 Å². The lowest BCUT2D eigenvalue weighted by Gasteiger charge is -2.40. The number of aromatic nitrogens is 1. The van der Waals surface area contributed by atoms with Gasteiger partial charge < -0.3 is 10.6 Å². The van der Waals surface area contributed by atoms with Gasteiger partial charge in [-0.15, -0.1) is 0 Å². The van der Waals surface area contributed by atoms with Gasteiger partial charge >= 0.3 is 0 Å². The van der Waals surface area contributed by atoms with Crippen molar-refractivity contribution in [1.82, 2.24) is 4.98 Å². The number of pyridine rings is 1. The summed E-state index contributed by atoms with van der Waals surface area (Å²) in [7, 11) is 0. The van der Waals surface area contributed by atoms with Crippen LogP contribution in [-0.4, -0.2) is 18.1 Å². The molecule has 3 heteroatoms. The molecule has 1 unspecified atom stereocenters. The summed E-state index contributed by atoms with van der Waals surface area (Å²) in [5, 5.41) is 0. The van der Waals surface area contributed by atoms with Crippen LogP contribution in [0.4, 0.5) is 5.69 Å². The molecule has 1 aliphatic heterocycles. The summed E-state index contributed by atoms with van der Waals surface area (Å²) in [5.74, 6) is 0. The second-order valence-electron chi connectivity index (χ2n) is 6.65. The molecule has 0 radical (unpaired) electrons. The normalized spacial score (nSPS) is 23.2. The monoisotopic (exact) mass is 273 g/mol. The Bertz CT molecular complexity index is 424. The zero-order chi connectivity index (χ0) is 14.0. The molecule has 1 aromatic rings. The van der Waals surface area contributed by atoms with E-state index in [9.17, 15) is 0 Å². The second kappa shape index (κ2) is 5.72. The van der Waals surface area contributed by atoms with Crippen LogP contribution in [0.5, 0.6) is 0 Å². The molecule has 110 valence electrons. The molecule has 2 heterocycles. The SMILES string of the molecule is CCC(N)c1ccc(N2CCC3(CCCC3)CC2)cn1. The maximum absolute atomic E-state index is 6.03. The van der Waals surface area contributed by atoms with Crippen molar-refractivity contribution in [2.75, 3.05) is 18.0 Å². The molecule has 20 heavy (non-hydrogen) atoms. The Hall–Kier alpha value is -1.09. The molecule has 3 rings (SSSR count). The largest absolute Gasteiger partial charge is 0.370 e. The number of rotatable bonds is 3. The summed E-state index contributed by atoms with van der Waals surface area (Å²) in [6, 6.07) is 4.38. The molecule has 0 bridgehead atoms. The Labute approximate surface area is 122 Å². The van der Waals surface area contributed by atoms with E-state index in [1.807, 2.05) is 6.20 Å². The van der Waals surface area contributed by atoms with Gasteiger partial charge in [-0.3, -0.25) is 4.98 Å². The molecule has 1 saturated carbocycles. The van der Waals surface area contributed by atoms with Crippen LogP contribution >= 0.6 is 0 Å². The highest BCUT2D eigenvalue weighted by Crippen LogP contribution is 2.46. The molecule has 2 aliphatic rings. The van der Waals surface area contributed by atoms with Gasteiger partial charge in [0.1, 0.15) is 0 Å². The second-order valence-corrected chi connectivity index (χ2v) is 6.65. The van der Waals surface area contributed by atoms with Crippen molar-refractivity contribution in [3.05, 3.63) is 24.0 Å². The van der Waals surface area contributed by atoms with Crippen LogP contribution in [0.25, 0.3) is 0 Å². The first-order chi connectivity index (χ1) is 9.72. The molecule has 1 saturated heterocycles. The molecule has 2 N–H and O–H groups in total. The molecular formula is C17H27N3. The fourth-order valence-corrected chi connectivity index (χ4v) is 3.88. The van der Waals surface area contributed by atoms with Gasteiger partial charge in [-0.2, -0.15) is 0 Å². The van der Waals surface area contributed by atoms with Gasteiger partial charge in [0.25, 0.3) is 0 Å². The number of piperidine rings is 1. The summed E-state index contributed by atoms with van der Waals surface area (Å²) in [4.78, 5) is 7.04. The van der Waals surface area contributed by atoms with Crippen molar-refractivity contribution in [2.45, 2.75) is 57.9 Å². The number of anilines is 1. The van der Waals surface area contributed by atoms with Gasteiger partial charge in [-0.25, -0.2) is 0 Å². The molecular weight excluding hydrogens is 246 g/mol. The van der Waals surface area contributed by atoms with E-state index in [0.717, 1.165) is 12.1 Å². The molecule has 1 atom stereocenters. The van der Waals surface area contributed by atoms with E-state index in [1.54, 1.807) is 0 Å². The van der Waals surface area contributed by atoms with E-state index in [-0.39, 0.29) is 6.04 Å². The summed E-state index contributed by atoms with van der Waals surface area (Å²) >= 11 is 0.